The Morgan fingerprint density at radius 3 is 2.16 bits per heavy atom. The predicted molar refractivity (Wildman–Crippen MR) is 159 cm³/mol. The minimum atomic E-state index is -1.24. The summed E-state index contributed by atoms with van der Waals surface area (Å²) in [5.41, 5.74) is 8.29. The molecule has 0 fully saturated rings. The summed E-state index contributed by atoms with van der Waals surface area (Å²) >= 11 is 0. The number of nitrogens with zero attached hydrogens (tertiary/aromatic N) is 1. The smallest absolute Gasteiger partial charge is 0.407 e. The minimum absolute atomic E-state index is 0.0951. The molecular formula is C32H35N3O8. The SMILES string of the molecule is CC(C)(C)OC(=O)NCc1cc(N(CC(=O)O)C(=O)c2ccccc2)ccc1C(=O)O.NC(=O)c1ccc2c(c1)CCC2. The Morgan fingerprint density at radius 1 is 0.884 bits per heavy atom. The van der Waals surface area contributed by atoms with E-state index in [1.807, 2.05) is 18.2 Å². The van der Waals surface area contributed by atoms with E-state index in [9.17, 15) is 34.2 Å². The number of ether oxygens (including phenoxy) is 1. The molecule has 1 aliphatic carbocycles. The zero-order valence-corrected chi connectivity index (χ0v) is 24.3. The lowest BCUT2D eigenvalue weighted by Crippen LogP contribution is -2.36. The Labute approximate surface area is 249 Å². The molecule has 3 aromatic rings. The number of nitrogens with one attached hydrogen (secondary N) is 1. The number of amides is 3. The molecule has 1 aliphatic rings. The van der Waals surface area contributed by atoms with Gasteiger partial charge in [0.25, 0.3) is 5.91 Å². The molecule has 0 spiro atoms. The van der Waals surface area contributed by atoms with E-state index in [1.165, 1.54) is 35.7 Å². The number of hydrogen-bond donors (Lipinski definition) is 4. The Morgan fingerprint density at radius 2 is 1.56 bits per heavy atom. The van der Waals surface area contributed by atoms with Crippen LogP contribution in [0, 0.1) is 0 Å². The topological polar surface area (TPSA) is 176 Å². The quantitative estimate of drug-likeness (QED) is 0.298. The summed E-state index contributed by atoms with van der Waals surface area (Å²) in [6.07, 6.45) is 2.71. The standard InChI is InChI=1S/C22H24N2O7.C10H11NO/c1-22(2,3)31-21(30)23-12-15-11-16(9-10-17(15)20(28)29)24(13-18(25)26)19(27)14-7-5-4-6-8-14;11-10(12)9-5-4-7-2-1-3-8(7)6-9/h4-11H,12-13H2,1-3H3,(H,23,30)(H,25,26)(H,28,29);4-6H,1-3H2,(H2,11,12). The number of alkyl carbamates (subject to hydrolysis) is 1. The first-order chi connectivity index (χ1) is 20.2. The Kier molecular flexibility index (Phi) is 10.6. The second-order valence-electron chi connectivity index (χ2n) is 10.9. The van der Waals surface area contributed by atoms with Crippen LogP contribution in [-0.4, -0.2) is 52.2 Å². The fraction of sp³-hybridized carbons (Fsp3) is 0.281. The van der Waals surface area contributed by atoms with Gasteiger partial charge in [0.1, 0.15) is 12.1 Å². The number of fused-ring (bicyclic) bond motifs is 1. The van der Waals surface area contributed by atoms with Crippen molar-refractivity contribution in [1.82, 2.24) is 5.32 Å². The van der Waals surface area contributed by atoms with E-state index in [2.05, 4.69) is 5.32 Å². The molecule has 0 heterocycles. The molecule has 0 unspecified atom stereocenters. The summed E-state index contributed by atoms with van der Waals surface area (Å²) in [5, 5.41) is 21.2. The first kappa shape index (κ1) is 32.3. The lowest BCUT2D eigenvalue weighted by atomic mass is 10.1. The lowest BCUT2D eigenvalue weighted by molar-refractivity contribution is -0.135. The van der Waals surface area contributed by atoms with Crippen LogP contribution in [0.25, 0.3) is 0 Å². The molecule has 4 rings (SSSR count). The van der Waals surface area contributed by atoms with Crippen LogP contribution < -0.4 is 16.0 Å². The van der Waals surface area contributed by atoms with Crippen molar-refractivity contribution in [3.05, 3.63) is 100 Å². The number of aliphatic carboxylic acids is 1. The number of benzene rings is 3. The minimum Gasteiger partial charge on any atom is -0.480 e. The highest BCUT2D eigenvalue weighted by molar-refractivity contribution is 6.08. The highest BCUT2D eigenvalue weighted by Gasteiger charge is 2.23. The van der Waals surface area contributed by atoms with Crippen molar-refractivity contribution in [3.63, 3.8) is 0 Å². The number of carbonyl (C=O) groups is 5. The van der Waals surface area contributed by atoms with Gasteiger partial charge in [0.05, 0.1) is 5.56 Å². The Hall–Kier alpha value is -5.19. The van der Waals surface area contributed by atoms with E-state index >= 15 is 0 Å². The monoisotopic (exact) mass is 589 g/mol. The van der Waals surface area contributed by atoms with E-state index in [1.54, 1.807) is 51.1 Å². The molecule has 0 radical (unpaired) electrons. The van der Waals surface area contributed by atoms with Crippen molar-refractivity contribution in [1.29, 1.82) is 0 Å². The number of aromatic carboxylic acids is 1. The molecule has 0 aliphatic heterocycles. The molecule has 3 aromatic carbocycles. The van der Waals surface area contributed by atoms with Gasteiger partial charge in [0.15, 0.2) is 0 Å². The number of hydrogen-bond acceptors (Lipinski definition) is 6. The van der Waals surface area contributed by atoms with Gasteiger partial charge in [-0.05, 0) is 99.2 Å². The largest absolute Gasteiger partial charge is 0.480 e. The molecule has 43 heavy (non-hydrogen) atoms. The fourth-order valence-corrected chi connectivity index (χ4v) is 4.46. The number of nitrogens with two attached hydrogens (primary N) is 1. The van der Waals surface area contributed by atoms with E-state index in [0.29, 0.717) is 5.56 Å². The molecular weight excluding hydrogens is 554 g/mol. The van der Waals surface area contributed by atoms with Gasteiger partial charge in [-0.2, -0.15) is 0 Å². The third-order valence-electron chi connectivity index (χ3n) is 6.40. The highest BCUT2D eigenvalue weighted by atomic mass is 16.6. The van der Waals surface area contributed by atoms with Crippen LogP contribution in [0.4, 0.5) is 10.5 Å². The average molecular weight is 590 g/mol. The predicted octanol–water partition coefficient (Wildman–Crippen LogP) is 4.42. The maximum Gasteiger partial charge on any atom is 0.407 e. The van der Waals surface area contributed by atoms with E-state index in [0.717, 1.165) is 17.7 Å². The first-order valence-electron chi connectivity index (χ1n) is 13.6. The number of aryl methyl sites for hydroxylation is 2. The number of carbonyl (C=O) groups excluding carboxylic acids is 3. The van der Waals surface area contributed by atoms with Crippen molar-refractivity contribution in [2.24, 2.45) is 5.73 Å². The molecule has 11 heteroatoms. The van der Waals surface area contributed by atoms with Crippen LogP contribution in [0.5, 0.6) is 0 Å². The Balaban J connectivity index is 0.000000347. The van der Waals surface area contributed by atoms with Crippen LogP contribution in [0.3, 0.4) is 0 Å². The average Bonchev–Trinajstić information content (AvgIpc) is 3.42. The summed E-state index contributed by atoms with van der Waals surface area (Å²) < 4.78 is 5.15. The molecule has 3 amide bonds. The van der Waals surface area contributed by atoms with Gasteiger partial charge in [-0.15, -0.1) is 0 Å². The van der Waals surface area contributed by atoms with E-state index in [-0.39, 0.29) is 34.8 Å². The summed E-state index contributed by atoms with van der Waals surface area (Å²) in [4.78, 5) is 59.6. The van der Waals surface area contributed by atoms with Crippen molar-refractivity contribution >= 4 is 35.5 Å². The van der Waals surface area contributed by atoms with Crippen molar-refractivity contribution < 1.29 is 38.9 Å². The molecule has 0 aromatic heterocycles. The molecule has 0 saturated carbocycles. The zero-order valence-electron chi connectivity index (χ0n) is 24.3. The van der Waals surface area contributed by atoms with Crippen molar-refractivity contribution in [3.8, 4) is 0 Å². The number of carboxylic acids is 2. The van der Waals surface area contributed by atoms with Gasteiger partial charge in [0, 0.05) is 23.4 Å². The van der Waals surface area contributed by atoms with E-state index in [4.69, 9.17) is 10.5 Å². The summed E-state index contributed by atoms with van der Waals surface area (Å²) in [7, 11) is 0. The van der Waals surface area contributed by atoms with Gasteiger partial charge in [0.2, 0.25) is 5.91 Å². The third kappa shape index (κ3) is 9.42. The van der Waals surface area contributed by atoms with Crippen molar-refractivity contribution in [2.45, 2.75) is 52.2 Å². The second-order valence-corrected chi connectivity index (χ2v) is 10.9. The summed E-state index contributed by atoms with van der Waals surface area (Å²) in [6.45, 7) is 4.25. The van der Waals surface area contributed by atoms with Crippen LogP contribution in [-0.2, 0) is 28.9 Å². The van der Waals surface area contributed by atoms with Gasteiger partial charge in [-0.25, -0.2) is 9.59 Å². The van der Waals surface area contributed by atoms with E-state index < -0.39 is 36.1 Å². The van der Waals surface area contributed by atoms with Gasteiger partial charge >= 0.3 is 18.0 Å². The lowest BCUT2D eigenvalue weighted by Gasteiger charge is -2.23. The molecule has 11 nitrogen and oxygen atoms in total. The first-order valence-corrected chi connectivity index (χ1v) is 13.6. The van der Waals surface area contributed by atoms with Gasteiger partial charge in [-0.3, -0.25) is 19.3 Å². The number of carboxylic acid groups (broad SMARTS) is 2. The summed E-state index contributed by atoms with van der Waals surface area (Å²) in [6, 6.07) is 17.8. The second kappa shape index (κ2) is 14.1. The molecule has 0 saturated heterocycles. The maximum absolute atomic E-state index is 12.9. The van der Waals surface area contributed by atoms with Crippen LogP contribution in [0.1, 0.15) is 75.0 Å². The van der Waals surface area contributed by atoms with Crippen LogP contribution >= 0.6 is 0 Å². The van der Waals surface area contributed by atoms with Crippen LogP contribution in [0.15, 0.2) is 66.7 Å². The molecule has 0 atom stereocenters. The molecule has 5 N–H and O–H groups in total. The number of rotatable bonds is 8. The number of anilines is 1. The van der Waals surface area contributed by atoms with Gasteiger partial charge in [-0.1, -0.05) is 24.3 Å². The number of primary amides is 1. The normalized spacial score (nSPS) is 11.8. The van der Waals surface area contributed by atoms with Crippen molar-refractivity contribution in [2.75, 3.05) is 11.4 Å². The third-order valence-corrected chi connectivity index (χ3v) is 6.40. The molecule has 226 valence electrons. The maximum atomic E-state index is 12.9. The highest BCUT2D eigenvalue weighted by Crippen LogP contribution is 2.23. The fourth-order valence-electron chi connectivity index (χ4n) is 4.46. The summed E-state index contributed by atoms with van der Waals surface area (Å²) in [5.74, 6) is -3.35. The van der Waals surface area contributed by atoms with Crippen LogP contribution in [0.2, 0.25) is 0 Å². The molecule has 0 bridgehead atoms. The zero-order chi connectivity index (χ0) is 31.7. The van der Waals surface area contributed by atoms with Gasteiger partial charge < -0.3 is 26.0 Å². The Bertz CT molecular complexity index is 1510.